The molecule has 0 aromatic rings. The largest absolute Gasteiger partial charge is 0.481 e. The number of imide groups is 1. The molecular weight excluding hydrogens is 979 g/mol. The number of hydrogen-bond acceptors (Lipinski definition) is 18. The molecule has 69 heavy (non-hydrogen) atoms. The Kier molecular flexibility index (Phi) is 78.3. The maximum absolute atomic E-state index is 10.9. The second kappa shape index (κ2) is 60.2. The van der Waals surface area contributed by atoms with E-state index in [9.17, 15) is 57.5 Å². The number of thioether (sulfide) groups is 2. The van der Waals surface area contributed by atoms with Crippen LogP contribution in [0, 0.1) is 0 Å². The number of nitrogens with one attached hydrogen (secondary N) is 7. The summed E-state index contributed by atoms with van der Waals surface area (Å²) in [5, 5.41) is 57.4. The first-order chi connectivity index (χ1) is 30.3. The van der Waals surface area contributed by atoms with E-state index in [4.69, 9.17) is 25.5 Å². The van der Waals surface area contributed by atoms with Crippen LogP contribution in [0.25, 0.3) is 0 Å². The van der Waals surface area contributed by atoms with Crippen LogP contribution >= 0.6 is 36.2 Å². The van der Waals surface area contributed by atoms with Gasteiger partial charge in [0.05, 0.1) is 30.6 Å². The lowest BCUT2D eigenvalue weighted by Gasteiger charge is -2.10. The van der Waals surface area contributed by atoms with E-state index in [0.717, 1.165) is 28.8 Å². The van der Waals surface area contributed by atoms with Crippen molar-refractivity contribution in [2.24, 2.45) is 5.73 Å². The van der Waals surface area contributed by atoms with Crippen molar-refractivity contribution in [2.75, 3.05) is 82.2 Å². The number of likely N-dealkylation sites (N-methyl/N-ethyl adjacent to an activating group) is 5. The van der Waals surface area contributed by atoms with Gasteiger partial charge in [-0.15, -0.1) is 11.8 Å². The number of carboxylic acid groups (broad SMARTS) is 5. The summed E-state index contributed by atoms with van der Waals surface area (Å²) in [4.78, 5) is 126. The molecule has 0 aromatic heterocycles. The van der Waals surface area contributed by atoms with Crippen LogP contribution in [0.5, 0.6) is 0 Å². The molecule has 0 bridgehead atoms. The Morgan fingerprint density at radius 2 is 0.957 bits per heavy atom. The molecule has 4 atom stereocenters. The normalized spacial score (nSPS) is 11.3. The van der Waals surface area contributed by atoms with Gasteiger partial charge in [0.15, 0.2) is 0 Å². The predicted molar refractivity (Wildman–Crippen MR) is 272 cm³/mol. The van der Waals surface area contributed by atoms with Gasteiger partial charge in [-0.05, 0) is 39.9 Å². The highest BCUT2D eigenvalue weighted by molar-refractivity contribution is 8.00. The topological polar surface area (TPSA) is 451 Å². The average molecular weight is 1060 g/mol. The van der Waals surface area contributed by atoms with E-state index in [-0.39, 0.29) is 88.9 Å². The monoisotopic (exact) mass is 1060 g/mol. The number of hydrogen-bond donors (Lipinski definition) is 14. The van der Waals surface area contributed by atoms with Crippen LogP contribution in [-0.2, 0) is 57.5 Å². The van der Waals surface area contributed by atoms with Crippen molar-refractivity contribution in [2.45, 2.75) is 70.5 Å². The Hall–Kier alpha value is -5.79. The molecular formula is C39H81N9O18S3. The molecule has 0 saturated carbocycles. The number of aliphatic carboxylic acids is 5. The van der Waals surface area contributed by atoms with Crippen molar-refractivity contribution < 1.29 is 88.5 Å². The molecule has 0 aromatic carbocycles. The van der Waals surface area contributed by atoms with Crippen LogP contribution in [0.1, 0.15) is 48.0 Å². The molecule has 0 radical (unpaired) electrons. The van der Waals surface area contributed by atoms with Gasteiger partial charge in [-0.1, -0.05) is 22.3 Å². The van der Waals surface area contributed by atoms with Gasteiger partial charge in [0.2, 0.25) is 29.5 Å². The SMILES string of the molecule is C.C.C.CN.CN1C(=O)C=CC1=O.CNC(=O)/C=C\C(=O)O.CNC(=O)C(CC(=O)O)NC.CNC(=O)C(CC(=O)O)SC.CNC(=O)CC(NC)C(=O)O.CNC(=O)CC(SC)C(=O)O.CS.O. The van der Waals surface area contributed by atoms with Crippen LogP contribution in [0.4, 0.5) is 0 Å². The first kappa shape index (κ1) is 89.7. The second-order valence-corrected chi connectivity index (χ2v) is 12.9. The summed E-state index contributed by atoms with van der Waals surface area (Å²) in [6.45, 7) is 0. The summed E-state index contributed by atoms with van der Waals surface area (Å²) >= 11 is 5.93. The maximum atomic E-state index is 10.9. The van der Waals surface area contributed by atoms with E-state index < -0.39 is 58.3 Å². The Balaban J connectivity index is -0.0000000634. The molecule has 7 amide bonds. The van der Waals surface area contributed by atoms with Crippen LogP contribution in [0.15, 0.2) is 24.3 Å². The van der Waals surface area contributed by atoms with E-state index in [1.54, 1.807) is 25.8 Å². The molecule has 0 fully saturated rings. The summed E-state index contributed by atoms with van der Waals surface area (Å²) in [7, 11) is 13.3. The molecule has 1 aliphatic rings. The van der Waals surface area contributed by atoms with E-state index in [2.05, 4.69) is 55.6 Å². The zero-order valence-electron chi connectivity index (χ0n) is 38.9. The van der Waals surface area contributed by atoms with Gasteiger partial charge in [-0.2, -0.15) is 24.4 Å². The van der Waals surface area contributed by atoms with E-state index >= 15 is 0 Å². The molecule has 0 spiro atoms. The first-order valence-corrected chi connectivity index (χ1v) is 21.6. The molecule has 408 valence electrons. The molecule has 1 aliphatic heterocycles. The zero-order chi connectivity index (χ0) is 52.8. The smallest absolute Gasteiger partial charge is 0.328 e. The first-order valence-electron chi connectivity index (χ1n) is 18.1. The summed E-state index contributed by atoms with van der Waals surface area (Å²) in [6.07, 6.45) is 8.97. The van der Waals surface area contributed by atoms with Crippen molar-refractivity contribution >= 4 is 107 Å². The van der Waals surface area contributed by atoms with Crippen molar-refractivity contribution in [1.82, 2.24) is 42.1 Å². The highest BCUT2D eigenvalue weighted by atomic mass is 32.2. The van der Waals surface area contributed by atoms with Gasteiger partial charge in [-0.3, -0.25) is 57.6 Å². The van der Waals surface area contributed by atoms with Crippen molar-refractivity contribution in [3.8, 4) is 0 Å². The minimum atomic E-state index is -1.13. The Labute approximate surface area is 419 Å². The number of nitrogens with zero attached hydrogens (tertiary/aromatic N) is 1. The van der Waals surface area contributed by atoms with Crippen LogP contribution in [0.3, 0.4) is 0 Å². The summed E-state index contributed by atoms with van der Waals surface area (Å²) < 4.78 is 0. The molecule has 1 rings (SSSR count). The lowest BCUT2D eigenvalue weighted by molar-refractivity contribution is -0.141. The number of carbonyl (C=O) groups is 12. The fourth-order valence-electron chi connectivity index (χ4n) is 3.12. The zero-order valence-corrected chi connectivity index (χ0v) is 41.4. The maximum Gasteiger partial charge on any atom is 0.328 e. The molecule has 1 heterocycles. The number of amides is 7. The third-order valence-electron chi connectivity index (χ3n) is 6.65. The Morgan fingerprint density at radius 1 is 0.580 bits per heavy atom. The minimum absolute atomic E-state index is 0. The number of carboxylic acids is 5. The number of nitrogens with two attached hydrogens (primary N) is 1. The Morgan fingerprint density at radius 3 is 1.19 bits per heavy atom. The van der Waals surface area contributed by atoms with Gasteiger partial charge in [-0.25, -0.2) is 4.79 Å². The number of thiol groups is 1. The standard InChI is InChI=1S/2C6H12N2O3.2C6H11NO3S.C5H7NO3.C5H5NO2.CH5N.CH4S.3CH4.H2O/c1-7-4(3-5(9)10)6(11)8-2;1-7-4(6(10)11)3-5(9)8-2;1-7-6(10)4(11-2)3-5(8)9;1-7-5(8)3-4(11-2)6(9)10;1-6-4(7)2-3-5(8)9;1-6-4(7)2-3-5(6)8;2*1-2;;;;/h4,7H,3H2,1-2H3,(H,8,11)(H,9,10);4,7H,3H2,1-2H3,(H,8,9)(H,10,11);4H,3H2,1-2H3,(H,7,10)(H,8,9);4H,3H2,1-2H3,(H,7,8)(H,9,10);2-3H,1H3,(H,6,7)(H,8,9);2-3H,1H3;2H2,1H3;2H,1H3;3*1H4;1H2/b;;;;3-2-;;;;;;;. The summed E-state index contributed by atoms with van der Waals surface area (Å²) in [5.74, 6) is -7.01. The van der Waals surface area contributed by atoms with Gasteiger partial charge in [0, 0.05) is 73.0 Å². The molecule has 30 heteroatoms. The molecule has 0 saturated heterocycles. The van der Waals surface area contributed by atoms with E-state index in [1.165, 1.54) is 80.3 Å². The lowest BCUT2D eigenvalue weighted by atomic mass is 10.2. The second-order valence-electron chi connectivity index (χ2n) is 10.8. The van der Waals surface area contributed by atoms with Crippen molar-refractivity contribution in [3.63, 3.8) is 0 Å². The number of rotatable bonds is 18. The highest BCUT2D eigenvalue weighted by Crippen LogP contribution is 2.11. The third-order valence-corrected chi connectivity index (χ3v) is 8.54. The number of carbonyl (C=O) groups excluding carboxylic acids is 7. The van der Waals surface area contributed by atoms with Crippen LogP contribution in [-0.4, -0.2) is 212 Å². The fourth-order valence-corrected chi connectivity index (χ4v) is 4.29. The Bertz CT molecular complexity index is 1450. The lowest BCUT2D eigenvalue weighted by Crippen LogP contribution is -2.42. The van der Waals surface area contributed by atoms with Crippen molar-refractivity contribution in [1.29, 1.82) is 0 Å². The fraction of sp³-hybridized carbons (Fsp3) is 0.590. The van der Waals surface area contributed by atoms with Crippen LogP contribution in [0.2, 0.25) is 0 Å². The molecule has 16 N–H and O–H groups in total. The van der Waals surface area contributed by atoms with Gasteiger partial charge < -0.3 is 74.0 Å². The van der Waals surface area contributed by atoms with E-state index in [0.29, 0.717) is 0 Å². The minimum Gasteiger partial charge on any atom is -0.481 e. The van der Waals surface area contributed by atoms with Crippen molar-refractivity contribution in [3.05, 3.63) is 24.3 Å². The molecule has 4 unspecified atom stereocenters. The van der Waals surface area contributed by atoms with Gasteiger partial charge in [0.1, 0.15) is 11.3 Å². The third kappa shape index (κ3) is 58.3. The van der Waals surface area contributed by atoms with Crippen LogP contribution < -0.4 is 43.0 Å². The quantitative estimate of drug-likeness (QED) is 0.0386. The van der Waals surface area contributed by atoms with E-state index in [1.807, 2.05) is 0 Å². The van der Waals surface area contributed by atoms with Gasteiger partial charge >= 0.3 is 29.8 Å². The molecule has 27 nitrogen and oxygen atoms in total. The summed E-state index contributed by atoms with van der Waals surface area (Å²) in [6, 6.07) is -1.44. The predicted octanol–water partition coefficient (Wildman–Crippen LogP) is -2.41. The summed E-state index contributed by atoms with van der Waals surface area (Å²) in [5.41, 5.74) is 4.50. The highest BCUT2D eigenvalue weighted by Gasteiger charge is 2.21. The van der Waals surface area contributed by atoms with Gasteiger partial charge in [0.25, 0.3) is 11.8 Å². The molecule has 0 aliphatic carbocycles. The average Bonchev–Trinajstić information content (AvgIpc) is 3.58.